The molecule has 0 bridgehead atoms. The molecule has 0 aliphatic carbocycles. The molecule has 9 heteroatoms. The minimum absolute atomic E-state index is 0.212. The van der Waals surface area contributed by atoms with E-state index in [1.807, 2.05) is 37.4 Å². The number of amides is 2. The Labute approximate surface area is 186 Å². The zero-order valence-corrected chi connectivity index (χ0v) is 19.0. The molecule has 0 saturated carbocycles. The Morgan fingerprint density at radius 1 is 1.19 bits per heavy atom. The van der Waals surface area contributed by atoms with Crippen LogP contribution in [0.15, 0.2) is 30.5 Å². The van der Waals surface area contributed by atoms with Gasteiger partial charge in [0.2, 0.25) is 11.8 Å². The SMILES string of the molecule is CCC(C)C(NC(=O)C(Cc1c[nH]c2ccccc12)NC(=O)C(N)CCSC)C(=O)O. The Kier molecular flexibility index (Phi) is 9.39. The number of hydrogen-bond acceptors (Lipinski definition) is 5. The Morgan fingerprint density at radius 2 is 1.90 bits per heavy atom. The lowest BCUT2D eigenvalue weighted by Gasteiger charge is -2.25. The summed E-state index contributed by atoms with van der Waals surface area (Å²) in [5.41, 5.74) is 7.75. The number of carbonyl (C=O) groups excluding carboxylic acids is 2. The predicted octanol–water partition coefficient (Wildman–Crippen LogP) is 1.89. The van der Waals surface area contributed by atoms with Crippen molar-refractivity contribution < 1.29 is 19.5 Å². The lowest BCUT2D eigenvalue weighted by Crippen LogP contribution is -2.56. The first-order chi connectivity index (χ1) is 14.8. The summed E-state index contributed by atoms with van der Waals surface area (Å²) in [6.45, 7) is 3.63. The van der Waals surface area contributed by atoms with E-state index >= 15 is 0 Å². The molecule has 31 heavy (non-hydrogen) atoms. The number of nitrogens with two attached hydrogens (primary N) is 1. The number of carboxylic acids is 1. The molecular weight excluding hydrogens is 416 g/mol. The predicted molar refractivity (Wildman–Crippen MR) is 124 cm³/mol. The number of benzene rings is 1. The standard InChI is InChI=1S/C22H32N4O4S/c1-4-13(2)19(22(29)30)26-21(28)18(25-20(27)16(23)9-10-31-3)11-14-12-24-17-8-6-5-7-15(14)17/h5-8,12-13,16,18-19,24H,4,9-11,23H2,1-3H3,(H,25,27)(H,26,28)(H,29,30). The third kappa shape index (κ3) is 6.73. The van der Waals surface area contributed by atoms with Crippen molar-refractivity contribution in [3.8, 4) is 0 Å². The smallest absolute Gasteiger partial charge is 0.326 e. The molecule has 8 nitrogen and oxygen atoms in total. The van der Waals surface area contributed by atoms with Gasteiger partial charge in [-0.1, -0.05) is 38.5 Å². The lowest BCUT2D eigenvalue weighted by molar-refractivity contribution is -0.143. The van der Waals surface area contributed by atoms with E-state index in [4.69, 9.17) is 5.73 Å². The molecule has 1 aromatic heterocycles. The minimum atomic E-state index is -1.10. The molecule has 2 amide bonds. The zero-order valence-electron chi connectivity index (χ0n) is 18.2. The fourth-order valence-electron chi connectivity index (χ4n) is 3.32. The minimum Gasteiger partial charge on any atom is -0.480 e. The first kappa shape index (κ1) is 24.7. The average molecular weight is 449 g/mol. The molecule has 0 aliphatic heterocycles. The Hall–Kier alpha value is -2.52. The van der Waals surface area contributed by atoms with Gasteiger partial charge in [-0.05, 0) is 36.0 Å². The van der Waals surface area contributed by atoms with E-state index in [9.17, 15) is 19.5 Å². The van der Waals surface area contributed by atoms with Crippen molar-refractivity contribution in [1.29, 1.82) is 0 Å². The summed E-state index contributed by atoms with van der Waals surface area (Å²) in [7, 11) is 0. The second-order valence-electron chi connectivity index (χ2n) is 7.72. The second-order valence-corrected chi connectivity index (χ2v) is 8.71. The van der Waals surface area contributed by atoms with Gasteiger partial charge in [-0.15, -0.1) is 0 Å². The highest BCUT2D eigenvalue weighted by molar-refractivity contribution is 7.98. The Bertz CT molecular complexity index is 901. The quantitative estimate of drug-likeness (QED) is 0.336. The van der Waals surface area contributed by atoms with Gasteiger partial charge in [0, 0.05) is 23.5 Å². The number of nitrogens with one attached hydrogen (secondary N) is 3. The van der Waals surface area contributed by atoms with Crippen molar-refractivity contribution >= 4 is 40.4 Å². The molecule has 2 rings (SSSR count). The molecule has 0 aliphatic rings. The fourth-order valence-corrected chi connectivity index (χ4v) is 3.81. The molecule has 0 saturated heterocycles. The number of aromatic amines is 1. The van der Waals surface area contributed by atoms with Crippen LogP contribution in [0.5, 0.6) is 0 Å². The molecule has 0 fully saturated rings. The summed E-state index contributed by atoms with van der Waals surface area (Å²) in [6, 6.07) is 4.94. The molecule has 4 atom stereocenters. The van der Waals surface area contributed by atoms with Crippen LogP contribution in [0, 0.1) is 5.92 Å². The zero-order chi connectivity index (χ0) is 23.0. The molecule has 2 aromatic rings. The normalized spacial score (nSPS) is 15.1. The number of thioether (sulfide) groups is 1. The first-order valence-corrected chi connectivity index (χ1v) is 11.8. The van der Waals surface area contributed by atoms with E-state index in [1.165, 1.54) is 0 Å². The maximum absolute atomic E-state index is 13.1. The third-order valence-corrected chi connectivity index (χ3v) is 6.12. The van der Waals surface area contributed by atoms with E-state index in [2.05, 4.69) is 15.6 Å². The fraction of sp³-hybridized carbons (Fsp3) is 0.500. The molecular formula is C22H32N4O4S. The third-order valence-electron chi connectivity index (χ3n) is 5.48. The van der Waals surface area contributed by atoms with Gasteiger partial charge in [-0.3, -0.25) is 9.59 Å². The van der Waals surface area contributed by atoms with Crippen LogP contribution < -0.4 is 16.4 Å². The molecule has 0 spiro atoms. The second kappa shape index (κ2) is 11.8. The highest BCUT2D eigenvalue weighted by Crippen LogP contribution is 2.19. The first-order valence-electron chi connectivity index (χ1n) is 10.4. The van der Waals surface area contributed by atoms with Gasteiger partial charge in [0.1, 0.15) is 12.1 Å². The summed E-state index contributed by atoms with van der Waals surface area (Å²) in [5, 5.41) is 15.8. The maximum Gasteiger partial charge on any atom is 0.326 e. The highest BCUT2D eigenvalue weighted by Gasteiger charge is 2.31. The number of H-pyrrole nitrogens is 1. The Morgan fingerprint density at radius 3 is 2.55 bits per heavy atom. The van der Waals surface area contributed by atoms with Crippen molar-refractivity contribution in [1.82, 2.24) is 15.6 Å². The van der Waals surface area contributed by atoms with Crippen LogP contribution in [0.25, 0.3) is 10.9 Å². The number of carboxylic acid groups (broad SMARTS) is 1. The van der Waals surface area contributed by atoms with Gasteiger partial charge >= 0.3 is 5.97 Å². The van der Waals surface area contributed by atoms with E-state index in [-0.39, 0.29) is 12.3 Å². The highest BCUT2D eigenvalue weighted by atomic mass is 32.2. The average Bonchev–Trinajstić information content (AvgIpc) is 3.17. The van der Waals surface area contributed by atoms with Crippen LogP contribution in [-0.2, 0) is 20.8 Å². The van der Waals surface area contributed by atoms with Gasteiger partial charge in [-0.25, -0.2) is 4.79 Å². The van der Waals surface area contributed by atoms with Gasteiger partial charge in [0.25, 0.3) is 0 Å². The molecule has 6 N–H and O–H groups in total. The molecule has 0 radical (unpaired) electrons. The van der Waals surface area contributed by atoms with E-state index in [0.29, 0.717) is 12.8 Å². The van der Waals surface area contributed by atoms with Crippen LogP contribution in [-0.4, -0.2) is 58.0 Å². The van der Waals surface area contributed by atoms with Crippen molar-refractivity contribution in [2.24, 2.45) is 11.7 Å². The van der Waals surface area contributed by atoms with Crippen molar-refractivity contribution in [3.63, 3.8) is 0 Å². The monoisotopic (exact) mass is 448 g/mol. The van der Waals surface area contributed by atoms with Crippen LogP contribution in [0.2, 0.25) is 0 Å². The number of carbonyl (C=O) groups is 3. The number of hydrogen-bond donors (Lipinski definition) is 5. The van der Waals surface area contributed by atoms with Crippen molar-refractivity contribution in [2.45, 2.75) is 51.2 Å². The largest absolute Gasteiger partial charge is 0.480 e. The molecule has 1 heterocycles. The van der Waals surface area contributed by atoms with Gasteiger partial charge < -0.3 is 26.5 Å². The summed E-state index contributed by atoms with van der Waals surface area (Å²) >= 11 is 1.59. The van der Waals surface area contributed by atoms with E-state index in [0.717, 1.165) is 22.2 Å². The number of rotatable bonds is 12. The van der Waals surface area contributed by atoms with Crippen LogP contribution >= 0.6 is 11.8 Å². The number of aromatic nitrogens is 1. The molecule has 4 unspecified atom stereocenters. The van der Waals surface area contributed by atoms with Gasteiger partial charge in [0.05, 0.1) is 6.04 Å². The van der Waals surface area contributed by atoms with Gasteiger partial charge in [-0.2, -0.15) is 11.8 Å². The van der Waals surface area contributed by atoms with Crippen molar-refractivity contribution in [3.05, 3.63) is 36.0 Å². The summed E-state index contributed by atoms with van der Waals surface area (Å²) in [6.07, 6.45) is 5.02. The van der Waals surface area contributed by atoms with Crippen LogP contribution in [0.3, 0.4) is 0 Å². The lowest BCUT2D eigenvalue weighted by atomic mass is 9.98. The summed E-state index contributed by atoms with van der Waals surface area (Å²) in [5.74, 6) is -1.60. The summed E-state index contributed by atoms with van der Waals surface area (Å²) in [4.78, 5) is 40.5. The van der Waals surface area contributed by atoms with E-state index < -0.39 is 35.9 Å². The molecule has 1 aromatic carbocycles. The summed E-state index contributed by atoms with van der Waals surface area (Å²) < 4.78 is 0. The number of aliphatic carboxylic acids is 1. The Balaban J connectivity index is 2.24. The van der Waals surface area contributed by atoms with Gasteiger partial charge in [0.15, 0.2) is 0 Å². The van der Waals surface area contributed by atoms with Crippen LogP contribution in [0.4, 0.5) is 0 Å². The number of para-hydroxylation sites is 1. The topological polar surface area (TPSA) is 137 Å². The van der Waals surface area contributed by atoms with E-state index in [1.54, 1.807) is 24.9 Å². The van der Waals surface area contributed by atoms with Crippen molar-refractivity contribution in [2.75, 3.05) is 12.0 Å². The maximum atomic E-state index is 13.1. The number of fused-ring (bicyclic) bond motifs is 1. The molecule has 170 valence electrons. The van der Waals surface area contributed by atoms with Crippen LogP contribution in [0.1, 0.15) is 32.3 Å².